The largest absolute Gasteiger partial charge is 0.463 e. The van der Waals surface area contributed by atoms with Crippen molar-refractivity contribution in [1.29, 1.82) is 0 Å². The summed E-state index contributed by atoms with van der Waals surface area (Å²) in [6, 6.07) is 12.2. The van der Waals surface area contributed by atoms with Crippen molar-refractivity contribution in [2.45, 2.75) is 0 Å². The zero-order valence-electron chi connectivity index (χ0n) is 7.33. The Hall–Kier alpha value is -1.47. The second-order valence-electron chi connectivity index (χ2n) is 3.28. The Kier molecular flexibility index (Phi) is 1.55. The van der Waals surface area contributed by atoms with E-state index in [-0.39, 0.29) is 0 Å². The molecule has 0 saturated carbocycles. The lowest BCUT2D eigenvalue weighted by Crippen LogP contribution is -1.71. The van der Waals surface area contributed by atoms with Crippen molar-refractivity contribution in [2.75, 3.05) is 0 Å². The summed E-state index contributed by atoms with van der Waals surface area (Å²) < 4.78 is 5.32. The molecule has 14 heavy (non-hydrogen) atoms. The Labute approximate surface area is 85.9 Å². The maximum Gasteiger partial charge on any atom is 0.136 e. The van der Waals surface area contributed by atoms with Gasteiger partial charge in [0, 0.05) is 5.39 Å². The zero-order chi connectivity index (χ0) is 9.54. The SMILES string of the molecule is Clc1coc2cc3ccccc3cc12. The molecule has 0 unspecified atom stereocenters. The van der Waals surface area contributed by atoms with E-state index in [0.29, 0.717) is 5.02 Å². The van der Waals surface area contributed by atoms with Crippen LogP contribution in [0, 0.1) is 0 Å². The van der Waals surface area contributed by atoms with Crippen LogP contribution < -0.4 is 0 Å². The Morgan fingerprint density at radius 2 is 1.71 bits per heavy atom. The zero-order valence-corrected chi connectivity index (χ0v) is 8.08. The van der Waals surface area contributed by atoms with Gasteiger partial charge in [0.25, 0.3) is 0 Å². The Morgan fingerprint density at radius 1 is 1.00 bits per heavy atom. The number of hydrogen-bond acceptors (Lipinski definition) is 1. The van der Waals surface area contributed by atoms with Crippen LogP contribution in [0.4, 0.5) is 0 Å². The average Bonchev–Trinajstić information content (AvgIpc) is 2.57. The third-order valence-electron chi connectivity index (χ3n) is 2.39. The van der Waals surface area contributed by atoms with Crippen molar-refractivity contribution < 1.29 is 4.42 Å². The molecule has 0 amide bonds. The third-order valence-corrected chi connectivity index (χ3v) is 2.69. The van der Waals surface area contributed by atoms with E-state index in [0.717, 1.165) is 11.0 Å². The van der Waals surface area contributed by atoms with Gasteiger partial charge in [-0.15, -0.1) is 0 Å². The van der Waals surface area contributed by atoms with E-state index in [9.17, 15) is 0 Å². The molecular weight excluding hydrogens is 196 g/mol. The van der Waals surface area contributed by atoms with Crippen LogP contribution in [-0.2, 0) is 0 Å². The van der Waals surface area contributed by atoms with E-state index in [1.54, 1.807) is 6.26 Å². The minimum absolute atomic E-state index is 0.672. The molecular formula is C12H7ClO. The summed E-state index contributed by atoms with van der Waals surface area (Å²) >= 11 is 5.98. The molecule has 1 heterocycles. The van der Waals surface area contributed by atoms with E-state index in [2.05, 4.69) is 18.2 Å². The van der Waals surface area contributed by atoms with Crippen LogP contribution in [-0.4, -0.2) is 0 Å². The molecule has 0 atom stereocenters. The first kappa shape index (κ1) is 7.89. The summed E-state index contributed by atoms with van der Waals surface area (Å²) in [4.78, 5) is 0. The van der Waals surface area contributed by atoms with E-state index in [4.69, 9.17) is 16.0 Å². The summed E-state index contributed by atoms with van der Waals surface area (Å²) in [5, 5.41) is 4.01. The monoisotopic (exact) mass is 202 g/mol. The van der Waals surface area contributed by atoms with E-state index in [1.807, 2.05) is 18.2 Å². The number of benzene rings is 2. The third kappa shape index (κ3) is 1.03. The highest BCUT2D eigenvalue weighted by molar-refractivity contribution is 6.35. The van der Waals surface area contributed by atoms with Crippen molar-refractivity contribution in [3.63, 3.8) is 0 Å². The summed E-state index contributed by atoms with van der Waals surface area (Å²) in [6.45, 7) is 0. The first-order chi connectivity index (χ1) is 6.84. The van der Waals surface area contributed by atoms with Crippen LogP contribution in [0.3, 0.4) is 0 Å². The van der Waals surface area contributed by atoms with Crippen molar-refractivity contribution in [3.8, 4) is 0 Å². The molecule has 3 aromatic rings. The van der Waals surface area contributed by atoms with Crippen LogP contribution in [0.2, 0.25) is 5.02 Å². The predicted octanol–water partition coefficient (Wildman–Crippen LogP) is 4.24. The highest BCUT2D eigenvalue weighted by atomic mass is 35.5. The van der Waals surface area contributed by atoms with Gasteiger partial charge in [-0.3, -0.25) is 0 Å². The topological polar surface area (TPSA) is 13.1 Å². The highest BCUT2D eigenvalue weighted by Crippen LogP contribution is 2.29. The second kappa shape index (κ2) is 2.76. The van der Waals surface area contributed by atoms with Gasteiger partial charge < -0.3 is 4.42 Å². The Morgan fingerprint density at radius 3 is 2.50 bits per heavy atom. The minimum Gasteiger partial charge on any atom is -0.463 e. The van der Waals surface area contributed by atoms with Gasteiger partial charge in [0.1, 0.15) is 11.8 Å². The van der Waals surface area contributed by atoms with E-state index >= 15 is 0 Å². The fourth-order valence-corrected chi connectivity index (χ4v) is 1.87. The molecule has 0 saturated heterocycles. The summed E-state index contributed by atoms with van der Waals surface area (Å²) in [6.07, 6.45) is 1.57. The highest BCUT2D eigenvalue weighted by Gasteiger charge is 2.04. The molecule has 68 valence electrons. The van der Waals surface area contributed by atoms with Crippen LogP contribution >= 0.6 is 11.6 Å². The fraction of sp³-hybridized carbons (Fsp3) is 0. The molecule has 0 aliphatic carbocycles. The Bertz CT molecular complexity index is 610. The van der Waals surface area contributed by atoms with Crippen molar-refractivity contribution >= 4 is 33.3 Å². The summed E-state index contributed by atoms with van der Waals surface area (Å²) in [5.74, 6) is 0. The molecule has 1 aromatic heterocycles. The van der Waals surface area contributed by atoms with Crippen LogP contribution in [0.1, 0.15) is 0 Å². The molecule has 0 radical (unpaired) electrons. The number of hydrogen-bond donors (Lipinski definition) is 0. The van der Waals surface area contributed by atoms with Gasteiger partial charge in [-0.1, -0.05) is 35.9 Å². The van der Waals surface area contributed by atoms with Crippen LogP contribution in [0.25, 0.3) is 21.7 Å². The second-order valence-corrected chi connectivity index (χ2v) is 3.69. The number of rotatable bonds is 0. The molecule has 0 aliphatic heterocycles. The predicted molar refractivity (Wildman–Crippen MR) is 58.7 cm³/mol. The van der Waals surface area contributed by atoms with Gasteiger partial charge in [0.05, 0.1) is 5.02 Å². The molecule has 0 bridgehead atoms. The molecule has 0 fully saturated rings. The minimum atomic E-state index is 0.672. The number of furan rings is 1. The van der Waals surface area contributed by atoms with Gasteiger partial charge in [-0.25, -0.2) is 0 Å². The lowest BCUT2D eigenvalue weighted by molar-refractivity contribution is 0.616. The van der Waals surface area contributed by atoms with Crippen molar-refractivity contribution in [2.24, 2.45) is 0 Å². The quantitative estimate of drug-likeness (QED) is 0.532. The molecule has 2 aromatic carbocycles. The maximum atomic E-state index is 5.98. The smallest absolute Gasteiger partial charge is 0.136 e. The molecule has 3 rings (SSSR count). The maximum absolute atomic E-state index is 5.98. The van der Waals surface area contributed by atoms with Gasteiger partial charge in [-0.05, 0) is 22.9 Å². The summed E-state index contributed by atoms with van der Waals surface area (Å²) in [7, 11) is 0. The Balaban J connectivity index is 2.54. The molecule has 1 nitrogen and oxygen atoms in total. The first-order valence-corrected chi connectivity index (χ1v) is 4.78. The lowest BCUT2D eigenvalue weighted by Gasteiger charge is -1.96. The fourth-order valence-electron chi connectivity index (χ4n) is 1.68. The van der Waals surface area contributed by atoms with Crippen molar-refractivity contribution in [1.82, 2.24) is 0 Å². The van der Waals surface area contributed by atoms with Gasteiger partial charge >= 0.3 is 0 Å². The lowest BCUT2D eigenvalue weighted by atomic mass is 10.1. The average molecular weight is 203 g/mol. The molecule has 2 heteroatoms. The molecule has 0 spiro atoms. The van der Waals surface area contributed by atoms with Crippen LogP contribution in [0.5, 0.6) is 0 Å². The van der Waals surface area contributed by atoms with Crippen molar-refractivity contribution in [3.05, 3.63) is 47.7 Å². The van der Waals surface area contributed by atoms with Gasteiger partial charge in [0.2, 0.25) is 0 Å². The normalized spacial score (nSPS) is 11.2. The van der Waals surface area contributed by atoms with Gasteiger partial charge in [0.15, 0.2) is 0 Å². The van der Waals surface area contributed by atoms with E-state index < -0.39 is 0 Å². The number of halogens is 1. The van der Waals surface area contributed by atoms with Crippen LogP contribution in [0.15, 0.2) is 47.1 Å². The number of fused-ring (bicyclic) bond motifs is 2. The molecule has 0 aliphatic rings. The van der Waals surface area contributed by atoms with Gasteiger partial charge in [-0.2, -0.15) is 0 Å². The first-order valence-electron chi connectivity index (χ1n) is 4.40. The van der Waals surface area contributed by atoms with E-state index in [1.165, 1.54) is 10.8 Å². The summed E-state index contributed by atoms with van der Waals surface area (Å²) in [5.41, 5.74) is 0.841. The molecule has 0 N–H and O–H groups in total. The standard InChI is InChI=1S/C12H7ClO/c13-11-7-14-12-6-9-4-2-1-3-8(9)5-10(11)12/h1-7H.